The molecule has 1 aliphatic rings. The normalized spacial score (nSPS) is 21.1. The van der Waals surface area contributed by atoms with Crippen LogP contribution < -0.4 is 5.73 Å². The van der Waals surface area contributed by atoms with Gasteiger partial charge < -0.3 is 10.6 Å². The van der Waals surface area contributed by atoms with Gasteiger partial charge in [0.1, 0.15) is 4.21 Å². The topological polar surface area (TPSA) is 83.7 Å². The number of likely N-dealkylation sites (N-methyl/N-ethyl adjacent to an activating group) is 1. The highest BCUT2D eigenvalue weighted by Crippen LogP contribution is 2.28. The lowest BCUT2D eigenvalue weighted by Gasteiger charge is -2.34. The van der Waals surface area contributed by atoms with E-state index >= 15 is 0 Å². The zero-order valence-electron chi connectivity index (χ0n) is 13.9. The molecule has 1 aliphatic heterocycles. The number of nitrogens with zero attached hydrogens (tertiary/aromatic N) is 2. The number of sulfonamides is 1. The van der Waals surface area contributed by atoms with Gasteiger partial charge in [-0.2, -0.15) is 4.31 Å². The fourth-order valence-corrected chi connectivity index (χ4v) is 5.67. The fourth-order valence-electron chi connectivity index (χ4n) is 2.70. The lowest BCUT2D eigenvalue weighted by Crippen LogP contribution is -2.48. The van der Waals surface area contributed by atoms with Crippen LogP contribution in [0.25, 0.3) is 0 Å². The molecule has 1 aromatic heterocycles. The Hall–Kier alpha value is -0.960. The molecule has 2 atom stereocenters. The van der Waals surface area contributed by atoms with E-state index in [1.807, 2.05) is 13.8 Å². The lowest BCUT2D eigenvalue weighted by molar-refractivity contribution is -0.137. The van der Waals surface area contributed by atoms with E-state index in [1.54, 1.807) is 24.1 Å². The number of nitrogens with two attached hydrogens (primary N) is 1. The third-order valence-corrected chi connectivity index (χ3v) is 7.73. The van der Waals surface area contributed by atoms with Crippen molar-refractivity contribution in [1.82, 2.24) is 9.21 Å². The maximum absolute atomic E-state index is 12.7. The van der Waals surface area contributed by atoms with Crippen molar-refractivity contribution in [3.8, 4) is 0 Å². The fraction of sp³-hybridized carbons (Fsp3) is 0.667. The molecule has 2 N–H and O–H groups in total. The van der Waals surface area contributed by atoms with Crippen molar-refractivity contribution in [2.24, 2.45) is 11.7 Å². The van der Waals surface area contributed by atoms with Crippen LogP contribution in [0, 0.1) is 12.8 Å². The molecule has 2 heterocycles. The monoisotopic (exact) mass is 359 g/mol. The highest BCUT2D eigenvalue weighted by atomic mass is 32.2. The number of carbonyl (C=O) groups is 1. The Morgan fingerprint density at radius 1 is 1.52 bits per heavy atom. The molecule has 0 saturated carbocycles. The highest BCUT2D eigenvalue weighted by Gasteiger charge is 2.35. The predicted molar refractivity (Wildman–Crippen MR) is 91.8 cm³/mol. The molecule has 0 radical (unpaired) electrons. The van der Waals surface area contributed by atoms with Crippen LogP contribution in [0.4, 0.5) is 0 Å². The minimum Gasteiger partial charge on any atom is -0.342 e. The van der Waals surface area contributed by atoms with Crippen LogP contribution in [0.2, 0.25) is 0 Å². The van der Waals surface area contributed by atoms with Gasteiger partial charge in [0.25, 0.3) is 10.0 Å². The van der Waals surface area contributed by atoms with E-state index in [-0.39, 0.29) is 24.4 Å². The summed E-state index contributed by atoms with van der Waals surface area (Å²) < 4.78 is 27.2. The number of carbonyl (C=O) groups excluding carboxylic acids is 1. The highest BCUT2D eigenvalue weighted by molar-refractivity contribution is 7.91. The van der Waals surface area contributed by atoms with E-state index in [0.717, 1.165) is 11.3 Å². The van der Waals surface area contributed by atoms with Gasteiger partial charge in [0.15, 0.2) is 0 Å². The molecule has 1 saturated heterocycles. The molecule has 0 bridgehead atoms. The number of piperidine rings is 1. The van der Waals surface area contributed by atoms with Crippen molar-refractivity contribution < 1.29 is 13.2 Å². The molecule has 6 nitrogen and oxygen atoms in total. The van der Waals surface area contributed by atoms with E-state index < -0.39 is 10.0 Å². The Labute approximate surface area is 142 Å². The molecule has 1 aromatic rings. The zero-order chi connectivity index (χ0) is 17.2. The summed E-state index contributed by atoms with van der Waals surface area (Å²) in [6.07, 6.45) is 1.42. The average Bonchev–Trinajstić information content (AvgIpc) is 3.00. The second kappa shape index (κ2) is 7.29. The van der Waals surface area contributed by atoms with E-state index in [2.05, 4.69) is 0 Å². The van der Waals surface area contributed by atoms with Crippen LogP contribution in [0.1, 0.15) is 24.6 Å². The summed E-state index contributed by atoms with van der Waals surface area (Å²) in [6, 6.07) is 3.40. The maximum Gasteiger partial charge on any atom is 0.252 e. The Morgan fingerprint density at radius 2 is 2.22 bits per heavy atom. The average molecular weight is 360 g/mol. The molecule has 1 amide bonds. The maximum atomic E-state index is 12.7. The first kappa shape index (κ1) is 18.4. The van der Waals surface area contributed by atoms with Gasteiger partial charge in [-0.3, -0.25) is 4.79 Å². The molecule has 1 fully saturated rings. The first-order chi connectivity index (χ1) is 10.8. The van der Waals surface area contributed by atoms with Crippen LogP contribution >= 0.6 is 11.3 Å². The number of rotatable bonds is 5. The van der Waals surface area contributed by atoms with E-state index in [1.165, 1.54) is 15.6 Å². The van der Waals surface area contributed by atoms with Gasteiger partial charge in [0, 0.05) is 37.6 Å². The molecular formula is C15H25N3O3S2. The number of hydrogen-bond donors (Lipinski definition) is 1. The van der Waals surface area contributed by atoms with E-state index in [9.17, 15) is 13.2 Å². The third kappa shape index (κ3) is 3.93. The van der Waals surface area contributed by atoms with Crippen molar-refractivity contribution >= 4 is 27.3 Å². The van der Waals surface area contributed by atoms with Crippen molar-refractivity contribution in [2.75, 3.05) is 26.7 Å². The van der Waals surface area contributed by atoms with Crippen molar-refractivity contribution in [2.45, 2.75) is 36.9 Å². The second-order valence-electron chi connectivity index (χ2n) is 6.10. The van der Waals surface area contributed by atoms with E-state index in [4.69, 9.17) is 5.73 Å². The number of hydrogen-bond acceptors (Lipinski definition) is 5. The summed E-state index contributed by atoms with van der Waals surface area (Å²) in [4.78, 5) is 15.2. The van der Waals surface area contributed by atoms with Crippen LogP contribution in [-0.4, -0.2) is 56.3 Å². The summed E-state index contributed by atoms with van der Waals surface area (Å²) in [6.45, 7) is 4.89. The first-order valence-electron chi connectivity index (χ1n) is 7.80. The third-order valence-electron chi connectivity index (χ3n) is 4.39. The Morgan fingerprint density at radius 3 is 2.78 bits per heavy atom. The Bertz CT molecular complexity index is 657. The molecule has 2 rings (SSSR count). The summed E-state index contributed by atoms with van der Waals surface area (Å²) in [5, 5.41) is 0. The number of thiophene rings is 1. The van der Waals surface area contributed by atoms with Crippen LogP contribution in [0.15, 0.2) is 16.3 Å². The first-order valence-corrected chi connectivity index (χ1v) is 10.1. The molecule has 2 unspecified atom stereocenters. The minimum absolute atomic E-state index is 0.0230. The molecule has 130 valence electrons. The molecule has 8 heteroatoms. The summed E-state index contributed by atoms with van der Waals surface area (Å²) in [7, 11) is -1.77. The molecule has 23 heavy (non-hydrogen) atoms. The minimum atomic E-state index is -3.50. The van der Waals surface area contributed by atoms with Crippen molar-refractivity contribution in [3.63, 3.8) is 0 Å². The van der Waals surface area contributed by atoms with Gasteiger partial charge in [-0.15, -0.1) is 11.3 Å². The predicted octanol–water partition coefficient (Wildman–Crippen LogP) is 1.26. The molecular weight excluding hydrogens is 334 g/mol. The quantitative estimate of drug-likeness (QED) is 0.858. The Kier molecular flexibility index (Phi) is 5.83. The Balaban J connectivity index is 2.13. The van der Waals surface area contributed by atoms with Crippen LogP contribution in [0.5, 0.6) is 0 Å². The van der Waals surface area contributed by atoms with Gasteiger partial charge in [0.2, 0.25) is 5.91 Å². The zero-order valence-corrected chi connectivity index (χ0v) is 15.5. The second-order valence-corrected chi connectivity index (χ2v) is 9.55. The lowest BCUT2D eigenvalue weighted by atomic mass is 9.97. The molecule has 0 aromatic carbocycles. The summed E-state index contributed by atoms with van der Waals surface area (Å²) in [5.41, 5.74) is 5.62. The van der Waals surface area contributed by atoms with Crippen molar-refractivity contribution in [1.29, 1.82) is 0 Å². The smallest absolute Gasteiger partial charge is 0.252 e. The molecule has 0 aliphatic carbocycles. The van der Waals surface area contributed by atoms with Crippen LogP contribution in [-0.2, 0) is 14.8 Å². The largest absolute Gasteiger partial charge is 0.342 e. The van der Waals surface area contributed by atoms with Gasteiger partial charge >= 0.3 is 0 Å². The van der Waals surface area contributed by atoms with Gasteiger partial charge in [-0.1, -0.05) is 0 Å². The van der Waals surface area contributed by atoms with Gasteiger partial charge in [0.05, 0.1) is 5.92 Å². The van der Waals surface area contributed by atoms with Gasteiger partial charge in [-0.25, -0.2) is 8.42 Å². The standard InChI is InChI=1S/C15H25N3O3S2/c1-11(9-16)17(3)15(19)13-5-4-8-18(10-13)23(20,21)14-7-6-12(2)22-14/h6-7,11,13H,4-5,8-10,16H2,1-3H3. The van der Waals surface area contributed by atoms with Crippen molar-refractivity contribution in [3.05, 3.63) is 17.0 Å². The van der Waals surface area contributed by atoms with Crippen LogP contribution in [0.3, 0.4) is 0 Å². The number of aryl methyl sites for hydroxylation is 1. The number of amides is 1. The SMILES string of the molecule is Cc1ccc(S(=O)(=O)N2CCCC(C(=O)N(C)C(C)CN)C2)s1. The molecule has 0 spiro atoms. The van der Waals surface area contributed by atoms with E-state index in [0.29, 0.717) is 23.7 Å². The summed E-state index contributed by atoms with van der Waals surface area (Å²) >= 11 is 1.27. The summed E-state index contributed by atoms with van der Waals surface area (Å²) in [5.74, 6) is -0.316. The van der Waals surface area contributed by atoms with Gasteiger partial charge in [-0.05, 0) is 38.8 Å².